The Bertz CT molecular complexity index is 459. The van der Waals surface area contributed by atoms with Crippen molar-refractivity contribution in [3.05, 3.63) is 23.8 Å². The minimum atomic E-state index is 0.0567. The Hall–Kier alpha value is -1.18. The first-order valence-electron chi connectivity index (χ1n) is 6.33. The van der Waals surface area contributed by atoms with E-state index < -0.39 is 0 Å². The molecule has 3 nitrogen and oxygen atoms in total. The first kappa shape index (κ1) is 13.3. The molecule has 2 rings (SSSR count). The molecule has 0 bridgehead atoms. The van der Waals surface area contributed by atoms with E-state index in [1.165, 1.54) is 0 Å². The van der Waals surface area contributed by atoms with Crippen LogP contribution in [0.3, 0.4) is 0 Å². The Morgan fingerprint density at radius 1 is 1.56 bits per heavy atom. The maximum atomic E-state index is 9.36. The van der Waals surface area contributed by atoms with Gasteiger partial charge in [0.2, 0.25) is 0 Å². The van der Waals surface area contributed by atoms with E-state index in [1.807, 2.05) is 18.2 Å². The van der Waals surface area contributed by atoms with Gasteiger partial charge in [-0.3, -0.25) is 0 Å². The van der Waals surface area contributed by atoms with Gasteiger partial charge in [0, 0.05) is 17.0 Å². The van der Waals surface area contributed by atoms with Crippen molar-refractivity contribution in [1.82, 2.24) is 5.32 Å². The molecule has 1 aliphatic heterocycles. The number of anilines is 1. The summed E-state index contributed by atoms with van der Waals surface area (Å²) in [4.78, 5) is 1.07. The second-order valence-corrected chi connectivity index (χ2v) is 6.14. The van der Waals surface area contributed by atoms with Gasteiger partial charge in [-0.05, 0) is 37.8 Å². The third-order valence-electron chi connectivity index (χ3n) is 3.24. The van der Waals surface area contributed by atoms with E-state index in [9.17, 15) is 5.26 Å². The zero-order chi connectivity index (χ0) is 13.0. The lowest BCUT2D eigenvalue weighted by Crippen LogP contribution is -2.37. The van der Waals surface area contributed by atoms with Crippen molar-refractivity contribution >= 4 is 17.4 Å². The zero-order valence-corrected chi connectivity index (χ0v) is 11.7. The van der Waals surface area contributed by atoms with Crippen LogP contribution in [0.1, 0.15) is 25.8 Å². The third kappa shape index (κ3) is 2.80. The highest BCUT2D eigenvalue weighted by molar-refractivity contribution is 7.99. The van der Waals surface area contributed by atoms with Crippen LogP contribution in [0.5, 0.6) is 0 Å². The van der Waals surface area contributed by atoms with Gasteiger partial charge in [0.25, 0.3) is 0 Å². The fourth-order valence-electron chi connectivity index (χ4n) is 2.28. The quantitative estimate of drug-likeness (QED) is 0.818. The molecule has 1 aromatic carbocycles. The fourth-order valence-corrected chi connectivity index (χ4v) is 3.06. The molecule has 1 unspecified atom stereocenters. The molecule has 1 fully saturated rings. The predicted molar refractivity (Wildman–Crippen MR) is 77.1 cm³/mol. The molecule has 18 heavy (non-hydrogen) atoms. The van der Waals surface area contributed by atoms with Gasteiger partial charge >= 0.3 is 0 Å². The number of hydrogen-bond donors (Lipinski definition) is 2. The van der Waals surface area contributed by atoms with Gasteiger partial charge in [-0.25, -0.2) is 0 Å². The second-order valence-electron chi connectivity index (χ2n) is 4.84. The number of rotatable bonds is 4. The zero-order valence-electron chi connectivity index (χ0n) is 10.9. The number of nitriles is 1. The lowest BCUT2D eigenvalue weighted by atomic mass is 10.0. The average Bonchev–Trinajstić information content (AvgIpc) is 2.77. The summed E-state index contributed by atoms with van der Waals surface area (Å²) in [5.74, 6) is 0.983. The fraction of sp³-hybridized carbons (Fsp3) is 0.500. The van der Waals surface area contributed by atoms with Crippen LogP contribution in [0.25, 0.3) is 0 Å². The molecule has 2 N–H and O–H groups in total. The average molecular weight is 261 g/mol. The van der Waals surface area contributed by atoms with Gasteiger partial charge in [-0.2, -0.15) is 5.26 Å². The highest BCUT2D eigenvalue weighted by Crippen LogP contribution is 2.30. The van der Waals surface area contributed by atoms with Crippen LogP contribution in [0.15, 0.2) is 23.1 Å². The van der Waals surface area contributed by atoms with Crippen LogP contribution in [-0.2, 0) is 0 Å². The Labute approximate surface area is 113 Å². The largest absolute Gasteiger partial charge is 0.377 e. The molecule has 1 atom stereocenters. The molecule has 1 aromatic rings. The smallest absolute Gasteiger partial charge is 0.102 e. The van der Waals surface area contributed by atoms with Gasteiger partial charge in [-0.15, -0.1) is 11.8 Å². The Morgan fingerprint density at radius 3 is 3.00 bits per heavy atom. The van der Waals surface area contributed by atoms with Gasteiger partial charge in [0.1, 0.15) is 6.07 Å². The maximum Gasteiger partial charge on any atom is 0.102 e. The van der Waals surface area contributed by atoms with Gasteiger partial charge in [-0.1, -0.05) is 13.0 Å². The Morgan fingerprint density at radius 2 is 2.39 bits per heavy atom. The van der Waals surface area contributed by atoms with Crippen molar-refractivity contribution in [1.29, 1.82) is 5.26 Å². The monoisotopic (exact) mass is 261 g/mol. The number of benzene rings is 1. The molecule has 0 radical (unpaired) electrons. The Kier molecular flexibility index (Phi) is 4.15. The SMILES string of the molecule is CCSc1cccc(NC2(C)CCNC2)c1C#N. The summed E-state index contributed by atoms with van der Waals surface area (Å²) in [5, 5.41) is 16.3. The predicted octanol–water partition coefficient (Wildman–Crippen LogP) is 2.83. The summed E-state index contributed by atoms with van der Waals surface area (Å²) >= 11 is 1.72. The van der Waals surface area contributed by atoms with E-state index in [-0.39, 0.29) is 5.54 Å². The first-order chi connectivity index (χ1) is 8.68. The molecular formula is C14H19N3S. The van der Waals surface area contributed by atoms with E-state index in [0.29, 0.717) is 0 Å². The Balaban J connectivity index is 2.27. The van der Waals surface area contributed by atoms with Crippen LogP contribution >= 0.6 is 11.8 Å². The van der Waals surface area contributed by atoms with E-state index in [4.69, 9.17) is 0 Å². The number of nitrogens with zero attached hydrogens (tertiary/aromatic N) is 1. The number of thioether (sulfide) groups is 1. The molecule has 0 aliphatic carbocycles. The van der Waals surface area contributed by atoms with Crippen LogP contribution in [0, 0.1) is 11.3 Å². The minimum Gasteiger partial charge on any atom is -0.377 e. The van der Waals surface area contributed by atoms with Gasteiger partial charge in [0.15, 0.2) is 0 Å². The third-order valence-corrected chi connectivity index (χ3v) is 4.18. The maximum absolute atomic E-state index is 9.36. The van der Waals surface area contributed by atoms with Crippen molar-refractivity contribution in [3.8, 4) is 6.07 Å². The molecular weight excluding hydrogens is 242 g/mol. The normalized spacial score (nSPS) is 22.7. The molecule has 96 valence electrons. The molecule has 1 saturated heterocycles. The second kappa shape index (κ2) is 5.64. The minimum absolute atomic E-state index is 0.0567. The first-order valence-corrected chi connectivity index (χ1v) is 7.32. The molecule has 1 heterocycles. The lowest BCUT2D eigenvalue weighted by Gasteiger charge is -2.27. The summed E-state index contributed by atoms with van der Waals surface area (Å²) in [6.07, 6.45) is 1.09. The number of hydrogen-bond acceptors (Lipinski definition) is 4. The highest BCUT2D eigenvalue weighted by Gasteiger charge is 2.29. The van der Waals surface area contributed by atoms with E-state index in [2.05, 4.69) is 30.6 Å². The highest BCUT2D eigenvalue weighted by atomic mass is 32.2. The summed E-state index contributed by atoms with van der Waals surface area (Å²) in [6.45, 7) is 6.29. The van der Waals surface area contributed by atoms with Crippen molar-refractivity contribution in [2.24, 2.45) is 0 Å². The van der Waals surface area contributed by atoms with Crippen LogP contribution in [0.4, 0.5) is 5.69 Å². The van der Waals surface area contributed by atoms with E-state index in [0.717, 1.165) is 41.4 Å². The van der Waals surface area contributed by atoms with Crippen molar-refractivity contribution < 1.29 is 0 Å². The van der Waals surface area contributed by atoms with Crippen molar-refractivity contribution in [3.63, 3.8) is 0 Å². The van der Waals surface area contributed by atoms with Crippen LogP contribution in [-0.4, -0.2) is 24.4 Å². The number of nitrogens with one attached hydrogen (secondary N) is 2. The van der Waals surface area contributed by atoms with E-state index in [1.54, 1.807) is 11.8 Å². The van der Waals surface area contributed by atoms with Gasteiger partial charge < -0.3 is 10.6 Å². The molecule has 0 amide bonds. The van der Waals surface area contributed by atoms with Crippen molar-refractivity contribution in [2.45, 2.75) is 30.7 Å². The molecule has 0 saturated carbocycles. The van der Waals surface area contributed by atoms with Crippen LogP contribution in [0.2, 0.25) is 0 Å². The molecule has 4 heteroatoms. The molecule has 0 spiro atoms. The summed E-state index contributed by atoms with van der Waals surface area (Å²) in [5.41, 5.74) is 1.79. The van der Waals surface area contributed by atoms with Gasteiger partial charge in [0.05, 0.1) is 11.3 Å². The van der Waals surface area contributed by atoms with Crippen LogP contribution < -0.4 is 10.6 Å². The molecule has 0 aromatic heterocycles. The lowest BCUT2D eigenvalue weighted by molar-refractivity contribution is 0.566. The summed E-state index contributed by atoms with van der Waals surface area (Å²) in [6, 6.07) is 8.38. The standard InChI is InChI=1S/C14H19N3S/c1-3-18-13-6-4-5-12(11(13)9-15)17-14(2)7-8-16-10-14/h4-6,16-17H,3,7-8,10H2,1-2H3. The van der Waals surface area contributed by atoms with E-state index >= 15 is 0 Å². The topological polar surface area (TPSA) is 47.8 Å². The summed E-state index contributed by atoms with van der Waals surface area (Å²) < 4.78 is 0. The molecule has 1 aliphatic rings. The summed E-state index contributed by atoms with van der Waals surface area (Å²) in [7, 11) is 0. The van der Waals surface area contributed by atoms with Crippen molar-refractivity contribution in [2.75, 3.05) is 24.2 Å².